The van der Waals surface area contributed by atoms with Crippen LogP contribution in [0.1, 0.15) is 67.2 Å². The van der Waals surface area contributed by atoms with E-state index in [1.165, 1.54) is 0 Å². The molecular formula is C37H44N4O6. The zero-order chi connectivity index (χ0) is 33.6. The van der Waals surface area contributed by atoms with E-state index in [0.717, 1.165) is 85.4 Å². The standard InChI is InChI=1S/C37H44N4O6/c1-7-23-18(2)26-17-31-34(22(6)43)20(4)28(39-31)15-27-19(3)24(8-9-33(45)47-13-12-46-11-10-42)36(40-27)25-14-32(44)35-21(5)29(41-37(25)35)16-30(23)38-26/h15-17,19,22,24,40,42-44H,7-14H2,1-6H3/t19-,22+,24-/m0/s1. The highest BCUT2D eigenvalue weighted by Crippen LogP contribution is 2.46. The SMILES string of the molecule is CCC1=C(C)C2=NC1=CC1=C(C)C3=C(O)CC(=C4NC(=CC5=NC(=C2)C([C@@H](C)O)=C5C)[C@@H](C)[C@@H]4CCC(=O)OCCOCCO)C3=N1. The Morgan fingerprint density at radius 3 is 2.49 bits per heavy atom. The molecule has 47 heavy (non-hydrogen) atoms. The fraction of sp³-hybridized carbons (Fsp3) is 0.459. The smallest absolute Gasteiger partial charge is 0.305 e. The predicted molar refractivity (Wildman–Crippen MR) is 182 cm³/mol. The van der Waals surface area contributed by atoms with Crippen LogP contribution in [0, 0.1) is 11.8 Å². The summed E-state index contributed by atoms with van der Waals surface area (Å²) in [6.07, 6.45) is 7.18. The Morgan fingerprint density at radius 1 is 1.02 bits per heavy atom. The lowest BCUT2D eigenvalue weighted by Gasteiger charge is -2.17. The van der Waals surface area contributed by atoms with Crippen LogP contribution in [-0.2, 0) is 14.3 Å². The maximum atomic E-state index is 12.7. The monoisotopic (exact) mass is 640 g/mol. The first-order valence-corrected chi connectivity index (χ1v) is 16.5. The molecule has 0 saturated carbocycles. The van der Waals surface area contributed by atoms with Gasteiger partial charge in [-0.2, -0.15) is 0 Å². The number of rotatable bonds is 10. The number of esters is 1. The average molecular weight is 641 g/mol. The molecule has 5 aliphatic heterocycles. The first-order chi connectivity index (χ1) is 22.5. The van der Waals surface area contributed by atoms with Crippen molar-refractivity contribution in [2.75, 3.05) is 26.4 Å². The number of aliphatic hydroxyl groups is 3. The molecule has 6 rings (SSSR count). The Balaban J connectivity index is 1.45. The van der Waals surface area contributed by atoms with Crippen molar-refractivity contribution < 1.29 is 29.6 Å². The van der Waals surface area contributed by atoms with Crippen LogP contribution >= 0.6 is 0 Å². The Hall–Kier alpha value is -4.12. The zero-order valence-corrected chi connectivity index (χ0v) is 28.0. The topological polar surface area (TPSA) is 145 Å². The van der Waals surface area contributed by atoms with Crippen LogP contribution in [0.25, 0.3) is 0 Å². The lowest BCUT2D eigenvalue weighted by Crippen LogP contribution is -2.17. The Kier molecular flexibility index (Phi) is 9.20. The molecule has 8 bridgehead atoms. The van der Waals surface area contributed by atoms with Gasteiger partial charge in [0, 0.05) is 52.8 Å². The molecule has 0 aromatic carbocycles. The van der Waals surface area contributed by atoms with Crippen molar-refractivity contribution in [1.29, 1.82) is 0 Å². The van der Waals surface area contributed by atoms with Gasteiger partial charge >= 0.3 is 5.97 Å². The van der Waals surface area contributed by atoms with Gasteiger partial charge in [-0.15, -0.1) is 0 Å². The van der Waals surface area contributed by atoms with Crippen LogP contribution in [0.15, 0.2) is 106 Å². The van der Waals surface area contributed by atoms with Crippen molar-refractivity contribution in [3.63, 3.8) is 0 Å². The van der Waals surface area contributed by atoms with Crippen molar-refractivity contribution in [2.45, 2.75) is 73.3 Å². The number of carbonyl (C=O) groups excluding carboxylic acids is 1. The molecule has 4 N–H and O–H groups in total. The van der Waals surface area contributed by atoms with Gasteiger partial charge in [0.25, 0.3) is 0 Å². The van der Waals surface area contributed by atoms with Gasteiger partial charge in [-0.05, 0) is 81.1 Å². The number of hydrogen-bond acceptors (Lipinski definition) is 10. The second-order valence-corrected chi connectivity index (χ2v) is 12.8. The second kappa shape index (κ2) is 13.2. The highest BCUT2D eigenvalue weighted by Gasteiger charge is 2.41. The molecule has 0 spiro atoms. The number of allylic oxidation sites excluding steroid dienone is 11. The third-order valence-corrected chi connectivity index (χ3v) is 9.90. The van der Waals surface area contributed by atoms with Crippen LogP contribution in [0.3, 0.4) is 0 Å². The van der Waals surface area contributed by atoms with E-state index in [2.05, 4.69) is 26.1 Å². The Labute approximate surface area is 275 Å². The number of aliphatic imine (C=N–C) groups is 3. The van der Waals surface area contributed by atoms with E-state index < -0.39 is 6.10 Å². The van der Waals surface area contributed by atoms with Crippen LogP contribution < -0.4 is 5.32 Å². The van der Waals surface area contributed by atoms with E-state index in [1.807, 2.05) is 32.1 Å². The molecule has 1 fully saturated rings. The van der Waals surface area contributed by atoms with Gasteiger partial charge in [0.15, 0.2) is 0 Å². The van der Waals surface area contributed by atoms with Gasteiger partial charge in [-0.25, -0.2) is 15.0 Å². The molecule has 6 aliphatic rings. The van der Waals surface area contributed by atoms with Crippen molar-refractivity contribution >= 4 is 23.1 Å². The molecule has 0 aromatic heterocycles. The van der Waals surface area contributed by atoms with Crippen molar-refractivity contribution in [1.82, 2.24) is 5.32 Å². The number of hydrogen-bond donors (Lipinski definition) is 4. The molecule has 1 saturated heterocycles. The van der Waals surface area contributed by atoms with Gasteiger partial charge in [0.1, 0.15) is 12.4 Å². The molecule has 10 heteroatoms. The summed E-state index contributed by atoms with van der Waals surface area (Å²) in [7, 11) is 0. The van der Waals surface area contributed by atoms with E-state index in [1.54, 1.807) is 6.92 Å². The molecule has 5 heterocycles. The maximum absolute atomic E-state index is 12.7. The third kappa shape index (κ3) is 5.94. The van der Waals surface area contributed by atoms with Crippen LogP contribution in [0.5, 0.6) is 0 Å². The first-order valence-electron chi connectivity index (χ1n) is 16.5. The third-order valence-electron chi connectivity index (χ3n) is 9.90. The zero-order valence-electron chi connectivity index (χ0n) is 28.0. The van der Waals surface area contributed by atoms with Crippen LogP contribution in [-0.4, -0.2) is 71.0 Å². The minimum Gasteiger partial charge on any atom is -0.511 e. The average Bonchev–Trinajstić information content (AvgIpc) is 3.78. The van der Waals surface area contributed by atoms with E-state index in [9.17, 15) is 15.0 Å². The van der Waals surface area contributed by atoms with E-state index >= 15 is 0 Å². The molecule has 0 aromatic rings. The highest BCUT2D eigenvalue weighted by atomic mass is 16.6. The molecule has 0 radical (unpaired) electrons. The number of nitrogens with zero attached hydrogens (tertiary/aromatic N) is 3. The quantitative estimate of drug-likeness (QED) is 0.186. The minimum absolute atomic E-state index is 0.00563. The molecule has 248 valence electrons. The van der Waals surface area contributed by atoms with Crippen LogP contribution in [0.4, 0.5) is 0 Å². The summed E-state index contributed by atoms with van der Waals surface area (Å²) in [5.74, 6) is -0.102. The molecule has 0 unspecified atom stereocenters. The summed E-state index contributed by atoms with van der Waals surface area (Å²) < 4.78 is 10.6. The summed E-state index contributed by atoms with van der Waals surface area (Å²) in [6.45, 7) is 12.5. The van der Waals surface area contributed by atoms with E-state index in [-0.39, 0.29) is 56.4 Å². The van der Waals surface area contributed by atoms with E-state index in [0.29, 0.717) is 18.5 Å². The Morgan fingerprint density at radius 2 is 1.77 bits per heavy atom. The molecule has 0 amide bonds. The lowest BCUT2D eigenvalue weighted by atomic mass is 9.86. The largest absolute Gasteiger partial charge is 0.511 e. The molecular weight excluding hydrogens is 596 g/mol. The van der Waals surface area contributed by atoms with E-state index in [4.69, 9.17) is 29.6 Å². The summed E-state index contributed by atoms with van der Waals surface area (Å²) >= 11 is 0. The maximum Gasteiger partial charge on any atom is 0.305 e. The second-order valence-electron chi connectivity index (χ2n) is 12.8. The fourth-order valence-corrected chi connectivity index (χ4v) is 7.38. The number of aliphatic hydroxyl groups excluding tert-OH is 3. The summed E-state index contributed by atoms with van der Waals surface area (Å²) in [6, 6.07) is 0. The van der Waals surface area contributed by atoms with Crippen molar-refractivity contribution in [2.24, 2.45) is 26.8 Å². The molecule has 1 aliphatic carbocycles. The normalized spacial score (nSPS) is 24.1. The van der Waals surface area contributed by atoms with Gasteiger partial charge in [-0.1, -0.05) is 13.8 Å². The van der Waals surface area contributed by atoms with Gasteiger partial charge in [0.05, 0.1) is 60.2 Å². The van der Waals surface area contributed by atoms with Crippen molar-refractivity contribution in [3.8, 4) is 0 Å². The van der Waals surface area contributed by atoms with Crippen molar-refractivity contribution in [3.05, 3.63) is 91.5 Å². The fourth-order valence-electron chi connectivity index (χ4n) is 7.38. The lowest BCUT2D eigenvalue weighted by molar-refractivity contribution is -0.145. The minimum atomic E-state index is -0.723. The molecule has 10 nitrogen and oxygen atoms in total. The Bertz CT molecular complexity index is 1770. The number of fused-ring (bicyclic) bond motifs is 5. The number of ether oxygens (including phenoxy) is 2. The van der Waals surface area contributed by atoms with Gasteiger partial charge in [-0.3, -0.25) is 4.79 Å². The summed E-state index contributed by atoms with van der Waals surface area (Å²) in [5, 5.41) is 34.7. The first kappa shape index (κ1) is 32.8. The van der Waals surface area contributed by atoms with Gasteiger partial charge < -0.3 is 30.1 Å². The van der Waals surface area contributed by atoms with Gasteiger partial charge in [0.2, 0.25) is 0 Å². The number of nitrogens with one attached hydrogen (secondary N) is 1. The summed E-state index contributed by atoms with van der Waals surface area (Å²) in [4.78, 5) is 27.9. The summed E-state index contributed by atoms with van der Waals surface area (Å²) in [5.41, 5.74) is 13.0. The number of carbonyl (C=O) groups is 1. The molecule has 3 atom stereocenters. The highest BCUT2D eigenvalue weighted by molar-refractivity contribution is 6.21. The predicted octanol–water partition coefficient (Wildman–Crippen LogP) is 5.37. The van der Waals surface area contributed by atoms with Crippen LogP contribution in [0.2, 0.25) is 0 Å².